The Morgan fingerprint density at radius 2 is 1.84 bits per heavy atom. The lowest BCUT2D eigenvalue weighted by Gasteiger charge is -2.23. The van der Waals surface area contributed by atoms with Crippen molar-refractivity contribution in [1.29, 1.82) is 0 Å². The fourth-order valence-corrected chi connectivity index (χ4v) is 6.30. The number of carbonyl (C=O) groups is 1. The Kier molecular flexibility index (Phi) is 6.09. The van der Waals surface area contributed by atoms with E-state index >= 15 is 0 Å². The first-order valence-electron chi connectivity index (χ1n) is 10.5. The van der Waals surface area contributed by atoms with Gasteiger partial charge in [-0.05, 0) is 43.2 Å². The molecule has 1 amide bonds. The van der Waals surface area contributed by atoms with Gasteiger partial charge in [-0.15, -0.1) is 0 Å². The fraction of sp³-hybridized carbons (Fsp3) is 0.435. The highest BCUT2D eigenvalue weighted by molar-refractivity contribution is 7.91. The highest BCUT2D eigenvalue weighted by atomic mass is 32.2. The summed E-state index contributed by atoms with van der Waals surface area (Å²) >= 11 is 0. The monoisotopic (exact) mass is 444 g/mol. The minimum atomic E-state index is -3.85. The van der Waals surface area contributed by atoms with Gasteiger partial charge in [-0.3, -0.25) is 4.79 Å². The van der Waals surface area contributed by atoms with Gasteiger partial charge in [0.25, 0.3) is 0 Å². The molecular formula is C23H28N2O5S. The van der Waals surface area contributed by atoms with Crippen molar-refractivity contribution in [3.8, 4) is 11.5 Å². The van der Waals surface area contributed by atoms with Crippen LogP contribution in [0.3, 0.4) is 0 Å². The molecule has 7 nitrogen and oxygen atoms in total. The smallest absolute Gasteiger partial charge is 0.239 e. The van der Waals surface area contributed by atoms with E-state index in [0.29, 0.717) is 17.4 Å². The van der Waals surface area contributed by atoms with Crippen LogP contribution in [0.25, 0.3) is 0 Å². The number of amides is 1. The molecular weight excluding hydrogens is 416 g/mol. The summed E-state index contributed by atoms with van der Waals surface area (Å²) in [5, 5.41) is 6.16. The summed E-state index contributed by atoms with van der Waals surface area (Å²) in [6, 6.07) is 11.5. The van der Waals surface area contributed by atoms with Gasteiger partial charge in [0, 0.05) is 18.2 Å². The highest BCUT2D eigenvalue weighted by Crippen LogP contribution is 2.44. The molecule has 166 valence electrons. The van der Waals surface area contributed by atoms with Crippen LogP contribution in [-0.2, 0) is 14.6 Å². The van der Waals surface area contributed by atoms with Gasteiger partial charge in [-0.25, -0.2) is 8.42 Å². The molecule has 2 aromatic rings. The molecule has 0 spiro atoms. The van der Waals surface area contributed by atoms with Crippen LogP contribution in [0.2, 0.25) is 0 Å². The van der Waals surface area contributed by atoms with E-state index in [1.165, 1.54) is 51.7 Å². The Labute approximate surface area is 183 Å². The van der Waals surface area contributed by atoms with Crippen molar-refractivity contribution in [2.24, 2.45) is 11.8 Å². The normalized spacial score (nSPS) is 22.2. The lowest BCUT2D eigenvalue weighted by molar-refractivity contribution is -0.120. The fourth-order valence-electron chi connectivity index (χ4n) is 4.82. The Hall–Kier alpha value is -2.74. The summed E-state index contributed by atoms with van der Waals surface area (Å²) in [6.07, 6.45) is 4.73. The second-order valence-corrected chi connectivity index (χ2v) is 10.1. The minimum absolute atomic E-state index is 0.0161. The van der Waals surface area contributed by atoms with E-state index in [-0.39, 0.29) is 34.0 Å². The Bertz CT molecular complexity index is 1060. The number of hydrogen-bond donors (Lipinski definition) is 2. The van der Waals surface area contributed by atoms with E-state index in [1.807, 2.05) is 0 Å². The van der Waals surface area contributed by atoms with Gasteiger partial charge in [0.2, 0.25) is 15.7 Å². The number of rotatable bonds is 8. The Morgan fingerprint density at radius 3 is 2.45 bits per heavy atom. The molecule has 0 aliphatic heterocycles. The first-order valence-corrected chi connectivity index (χ1v) is 12.0. The van der Waals surface area contributed by atoms with Crippen LogP contribution in [0, 0.1) is 11.8 Å². The second kappa shape index (κ2) is 8.78. The van der Waals surface area contributed by atoms with Crippen LogP contribution < -0.4 is 20.1 Å². The van der Waals surface area contributed by atoms with Crippen LogP contribution in [0.4, 0.5) is 5.69 Å². The summed E-state index contributed by atoms with van der Waals surface area (Å²) in [4.78, 5) is 12.7. The maximum atomic E-state index is 13.2. The number of sulfone groups is 1. The quantitative estimate of drug-likeness (QED) is 0.649. The van der Waals surface area contributed by atoms with E-state index < -0.39 is 9.84 Å². The van der Waals surface area contributed by atoms with Gasteiger partial charge in [-0.2, -0.15) is 0 Å². The maximum absolute atomic E-state index is 13.2. The van der Waals surface area contributed by atoms with Crippen molar-refractivity contribution in [3.63, 3.8) is 0 Å². The number of anilines is 1. The molecule has 2 bridgehead atoms. The van der Waals surface area contributed by atoms with Crippen molar-refractivity contribution >= 4 is 21.4 Å². The average molecular weight is 445 g/mol. The zero-order valence-electron chi connectivity index (χ0n) is 17.8. The zero-order valence-corrected chi connectivity index (χ0v) is 18.6. The second-order valence-electron chi connectivity index (χ2n) is 8.23. The number of fused-ring (bicyclic) bond motifs is 2. The zero-order chi connectivity index (χ0) is 22.0. The van der Waals surface area contributed by atoms with Gasteiger partial charge in [0.15, 0.2) is 5.75 Å². The van der Waals surface area contributed by atoms with Gasteiger partial charge < -0.3 is 20.1 Å². The molecule has 0 heterocycles. The predicted octanol–water partition coefficient (Wildman–Crippen LogP) is 3.25. The predicted molar refractivity (Wildman–Crippen MR) is 117 cm³/mol. The SMILES string of the molecule is COc1cc(NCC(=O)NC2CC3CCC2C3)c(OC)c(S(=O)(=O)c2ccccc2)c1. The van der Waals surface area contributed by atoms with Crippen molar-refractivity contribution in [3.05, 3.63) is 42.5 Å². The molecule has 3 atom stereocenters. The maximum Gasteiger partial charge on any atom is 0.239 e. The van der Waals surface area contributed by atoms with Gasteiger partial charge in [-0.1, -0.05) is 24.6 Å². The summed E-state index contributed by atoms with van der Waals surface area (Å²) < 4.78 is 37.2. The third-order valence-electron chi connectivity index (χ3n) is 6.34. The average Bonchev–Trinajstić information content (AvgIpc) is 3.40. The van der Waals surface area contributed by atoms with Gasteiger partial charge in [0.1, 0.15) is 10.6 Å². The van der Waals surface area contributed by atoms with E-state index in [1.54, 1.807) is 24.3 Å². The molecule has 8 heteroatoms. The first kappa shape index (κ1) is 21.5. The largest absolute Gasteiger partial charge is 0.497 e. The van der Waals surface area contributed by atoms with E-state index in [0.717, 1.165) is 12.3 Å². The molecule has 0 radical (unpaired) electrons. The third kappa shape index (κ3) is 4.35. The molecule has 0 aromatic heterocycles. The molecule has 2 aliphatic carbocycles. The molecule has 2 saturated carbocycles. The van der Waals surface area contributed by atoms with E-state index in [4.69, 9.17) is 9.47 Å². The van der Waals surface area contributed by atoms with Crippen LogP contribution in [0.5, 0.6) is 11.5 Å². The number of ether oxygens (including phenoxy) is 2. The van der Waals surface area contributed by atoms with Crippen molar-refractivity contribution in [1.82, 2.24) is 5.32 Å². The standard InChI is InChI=1S/C23H28N2O5S/c1-29-17-12-20(24-14-22(26)25-19-11-15-8-9-16(19)10-15)23(30-2)21(13-17)31(27,28)18-6-4-3-5-7-18/h3-7,12-13,15-16,19,24H,8-11,14H2,1-2H3,(H,25,26). The number of benzene rings is 2. The minimum Gasteiger partial charge on any atom is -0.497 e. The molecule has 31 heavy (non-hydrogen) atoms. The topological polar surface area (TPSA) is 93.7 Å². The van der Waals surface area contributed by atoms with Crippen molar-refractivity contribution < 1.29 is 22.7 Å². The molecule has 3 unspecified atom stereocenters. The molecule has 2 N–H and O–H groups in total. The molecule has 2 aliphatic rings. The lowest BCUT2D eigenvalue weighted by Crippen LogP contribution is -2.41. The summed E-state index contributed by atoms with van der Waals surface area (Å²) in [7, 11) is -0.972. The molecule has 2 aromatic carbocycles. The first-order chi connectivity index (χ1) is 14.9. The molecule has 0 saturated heterocycles. The Morgan fingerprint density at radius 1 is 1.06 bits per heavy atom. The number of methoxy groups -OCH3 is 2. The van der Waals surface area contributed by atoms with Crippen LogP contribution in [-0.4, -0.2) is 41.1 Å². The number of hydrogen-bond acceptors (Lipinski definition) is 6. The summed E-state index contributed by atoms with van der Waals surface area (Å²) in [5.41, 5.74) is 0.388. The van der Waals surface area contributed by atoms with Crippen LogP contribution >= 0.6 is 0 Å². The highest BCUT2D eigenvalue weighted by Gasteiger charge is 2.40. The number of nitrogens with one attached hydrogen (secondary N) is 2. The Balaban J connectivity index is 1.56. The van der Waals surface area contributed by atoms with Gasteiger partial charge in [0.05, 0.1) is 31.3 Å². The molecule has 4 rings (SSSR count). The summed E-state index contributed by atoms with van der Waals surface area (Å²) in [6.45, 7) is 0.0161. The molecule has 2 fully saturated rings. The van der Waals surface area contributed by atoms with Crippen molar-refractivity contribution in [2.45, 2.75) is 41.5 Å². The van der Waals surface area contributed by atoms with Gasteiger partial charge >= 0.3 is 0 Å². The third-order valence-corrected chi connectivity index (χ3v) is 8.11. The van der Waals surface area contributed by atoms with E-state index in [2.05, 4.69) is 10.6 Å². The lowest BCUT2D eigenvalue weighted by atomic mass is 9.95. The van der Waals surface area contributed by atoms with Crippen LogP contribution in [0.1, 0.15) is 25.7 Å². The van der Waals surface area contributed by atoms with E-state index in [9.17, 15) is 13.2 Å². The number of carbonyl (C=O) groups excluding carboxylic acids is 1. The van der Waals surface area contributed by atoms with Crippen LogP contribution in [0.15, 0.2) is 52.3 Å². The van der Waals surface area contributed by atoms with Crippen molar-refractivity contribution in [2.75, 3.05) is 26.1 Å². The summed E-state index contributed by atoms with van der Waals surface area (Å²) in [5.74, 6) is 1.72.